The molecule has 0 saturated carbocycles. The van der Waals surface area contributed by atoms with E-state index in [0.29, 0.717) is 0 Å². The van der Waals surface area contributed by atoms with Crippen LogP contribution in [0, 0.1) is 5.92 Å². The lowest BCUT2D eigenvalue weighted by atomic mass is 9.96. The standard InChI is InChI=1S/C11H25N/c1-4-6-8-11(10-12-3)9-7-5-2/h11-12H,4-10H2,1-3H3. The van der Waals surface area contributed by atoms with Gasteiger partial charge in [-0.2, -0.15) is 0 Å². The van der Waals surface area contributed by atoms with E-state index >= 15 is 0 Å². The molecule has 0 atom stereocenters. The van der Waals surface area contributed by atoms with Crippen molar-refractivity contribution in [3.63, 3.8) is 0 Å². The van der Waals surface area contributed by atoms with Crippen molar-refractivity contribution in [2.45, 2.75) is 52.4 Å². The van der Waals surface area contributed by atoms with Crippen molar-refractivity contribution in [3.05, 3.63) is 0 Å². The summed E-state index contributed by atoms with van der Waals surface area (Å²) in [4.78, 5) is 0. The second kappa shape index (κ2) is 9.05. The fraction of sp³-hybridized carbons (Fsp3) is 1.00. The number of hydrogen-bond acceptors (Lipinski definition) is 1. The molecular weight excluding hydrogens is 146 g/mol. The Morgan fingerprint density at radius 1 is 1.00 bits per heavy atom. The first-order valence-electron chi connectivity index (χ1n) is 5.49. The zero-order chi connectivity index (χ0) is 9.23. The predicted octanol–water partition coefficient (Wildman–Crippen LogP) is 3.20. The molecule has 0 rings (SSSR count). The Hall–Kier alpha value is -0.0400. The third kappa shape index (κ3) is 6.66. The van der Waals surface area contributed by atoms with E-state index in [2.05, 4.69) is 26.2 Å². The van der Waals surface area contributed by atoms with Gasteiger partial charge in [0.05, 0.1) is 0 Å². The average molecular weight is 171 g/mol. The number of unbranched alkanes of at least 4 members (excludes halogenated alkanes) is 2. The van der Waals surface area contributed by atoms with Gasteiger partial charge in [-0.3, -0.25) is 0 Å². The Balaban J connectivity index is 3.40. The van der Waals surface area contributed by atoms with E-state index in [0.717, 1.165) is 5.92 Å². The molecule has 0 aliphatic heterocycles. The van der Waals surface area contributed by atoms with Crippen LogP contribution in [0.4, 0.5) is 0 Å². The fourth-order valence-corrected chi connectivity index (χ4v) is 1.62. The van der Waals surface area contributed by atoms with Crippen LogP contribution in [0.25, 0.3) is 0 Å². The molecule has 0 aromatic carbocycles. The molecule has 0 radical (unpaired) electrons. The monoisotopic (exact) mass is 171 g/mol. The van der Waals surface area contributed by atoms with Crippen molar-refractivity contribution in [2.75, 3.05) is 13.6 Å². The smallest absolute Gasteiger partial charge is 0.00235 e. The fourth-order valence-electron chi connectivity index (χ4n) is 1.62. The normalized spacial score (nSPS) is 11.0. The minimum Gasteiger partial charge on any atom is -0.319 e. The minimum absolute atomic E-state index is 0.926. The molecule has 0 unspecified atom stereocenters. The second-order valence-electron chi connectivity index (χ2n) is 3.71. The van der Waals surface area contributed by atoms with Gasteiger partial charge >= 0.3 is 0 Å². The van der Waals surface area contributed by atoms with Gasteiger partial charge in [0.15, 0.2) is 0 Å². The first kappa shape index (κ1) is 12.0. The van der Waals surface area contributed by atoms with Crippen molar-refractivity contribution < 1.29 is 0 Å². The summed E-state index contributed by atoms with van der Waals surface area (Å²) in [6, 6.07) is 0. The maximum Gasteiger partial charge on any atom is -0.00235 e. The zero-order valence-electron chi connectivity index (χ0n) is 9.03. The maximum absolute atomic E-state index is 3.29. The molecule has 1 heteroatoms. The van der Waals surface area contributed by atoms with Crippen LogP contribution in [0.5, 0.6) is 0 Å². The topological polar surface area (TPSA) is 12.0 Å². The third-order valence-corrected chi connectivity index (χ3v) is 2.42. The van der Waals surface area contributed by atoms with Crippen molar-refractivity contribution in [1.29, 1.82) is 0 Å². The Bertz CT molecular complexity index is 73.1. The van der Waals surface area contributed by atoms with Crippen LogP contribution in [0.3, 0.4) is 0 Å². The van der Waals surface area contributed by atoms with E-state index in [1.807, 2.05) is 0 Å². The van der Waals surface area contributed by atoms with E-state index in [9.17, 15) is 0 Å². The van der Waals surface area contributed by atoms with Gasteiger partial charge in [-0.1, -0.05) is 39.5 Å². The number of hydrogen-bond donors (Lipinski definition) is 1. The quantitative estimate of drug-likeness (QED) is 0.591. The Morgan fingerprint density at radius 3 is 1.83 bits per heavy atom. The summed E-state index contributed by atoms with van der Waals surface area (Å²) in [5.74, 6) is 0.926. The summed E-state index contributed by atoms with van der Waals surface area (Å²) in [5, 5.41) is 3.29. The van der Waals surface area contributed by atoms with Crippen molar-refractivity contribution >= 4 is 0 Å². The van der Waals surface area contributed by atoms with E-state index < -0.39 is 0 Å². The SMILES string of the molecule is CCCCC(CCCC)CNC. The van der Waals surface area contributed by atoms with Crippen LogP contribution in [0.2, 0.25) is 0 Å². The van der Waals surface area contributed by atoms with Gasteiger partial charge < -0.3 is 5.32 Å². The Kier molecular flexibility index (Phi) is 9.02. The molecule has 0 saturated heterocycles. The predicted molar refractivity (Wildman–Crippen MR) is 56.5 cm³/mol. The van der Waals surface area contributed by atoms with Crippen LogP contribution in [-0.2, 0) is 0 Å². The molecule has 0 aromatic rings. The molecule has 0 aromatic heterocycles. The summed E-state index contributed by atoms with van der Waals surface area (Å²) in [6.45, 7) is 5.76. The lowest BCUT2D eigenvalue weighted by molar-refractivity contribution is 0.406. The van der Waals surface area contributed by atoms with Gasteiger partial charge in [-0.25, -0.2) is 0 Å². The molecular formula is C11H25N. The number of nitrogens with one attached hydrogen (secondary N) is 1. The average Bonchev–Trinajstić information content (AvgIpc) is 2.10. The number of rotatable bonds is 8. The highest BCUT2D eigenvalue weighted by Gasteiger charge is 2.05. The van der Waals surface area contributed by atoms with Gasteiger partial charge in [-0.05, 0) is 32.4 Å². The molecule has 0 heterocycles. The van der Waals surface area contributed by atoms with Gasteiger partial charge in [-0.15, -0.1) is 0 Å². The van der Waals surface area contributed by atoms with Gasteiger partial charge in [0, 0.05) is 0 Å². The largest absolute Gasteiger partial charge is 0.319 e. The van der Waals surface area contributed by atoms with Crippen LogP contribution in [0.1, 0.15) is 52.4 Å². The van der Waals surface area contributed by atoms with Crippen molar-refractivity contribution in [3.8, 4) is 0 Å². The molecule has 0 amide bonds. The van der Waals surface area contributed by atoms with Crippen LogP contribution >= 0.6 is 0 Å². The molecule has 1 N–H and O–H groups in total. The summed E-state index contributed by atoms with van der Waals surface area (Å²) in [7, 11) is 2.06. The van der Waals surface area contributed by atoms with Gasteiger partial charge in [0.2, 0.25) is 0 Å². The molecule has 0 bridgehead atoms. The van der Waals surface area contributed by atoms with Crippen molar-refractivity contribution in [2.24, 2.45) is 5.92 Å². The summed E-state index contributed by atoms with van der Waals surface area (Å²) >= 11 is 0. The minimum atomic E-state index is 0.926. The molecule has 74 valence electrons. The summed E-state index contributed by atoms with van der Waals surface area (Å²) < 4.78 is 0. The van der Waals surface area contributed by atoms with Crippen LogP contribution in [0.15, 0.2) is 0 Å². The second-order valence-corrected chi connectivity index (χ2v) is 3.71. The highest BCUT2D eigenvalue weighted by Crippen LogP contribution is 2.14. The first-order chi connectivity index (χ1) is 5.85. The molecule has 0 aliphatic rings. The highest BCUT2D eigenvalue weighted by molar-refractivity contribution is 4.61. The molecule has 0 spiro atoms. The molecule has 12 heavy (non-hydrogen) atoms. The molecule has 0 aliphatic carbocycles. The van der Waals surface area contributed by atoms with Crippen LogP contribution in [-0.4, -0.2) is 13.6 Å². The van der Waals surface area contributed by atoms with E-state index in [4.69, 9.17) is 0 Å². The lowest BCUT2D eigenvalue weighted by Gasteiger charge is -2.15. The Labute approximate surface area is 77.9 Å². The zero-order valence-corrected chi connectivity index (χ0v) is 9.03. The van der Waals surface area contributed by atoms with Crippen LogP contribution < -0.4 is 5.32 Å². The van der Waals surface area contributed by atoms with Gasteiger partial charge in [0.1, 0.15) is 0 Å². The summed E-state index contributed by atoms with van der Waals surface area (Å²) in [6.07, 6.45) is 8.31. The van der Waals surface area contributed by atoms with E-state index in [-0.39, 0.29) is 0 Å². The molecule has 0 fully saturated rings. The first-order valence-corrected chi connectivity index (χ1v) is 5.49. The summed E-state index contributed by atoms with van der Waals surface area (Å²) in [5.41, 5.74) is 0. The van der Waals surface area contributed by atoms with Gasteiger partial charge in [0.25, 0.3) is 0 Å². The third-order valence-electron chi connectivity index (χ3n) is 2.42. The van der Waals surface area contributed by atoms with Crippen molar-refractivity contribution in [1.82, 2.24) is 5.32 Å². The van der Waals surface area contributed by atoms with E-state index in [1.165, 1.54) is 45.1 Å². The van der Waals surface area contributed by atoms with E-state index in [1.54, 1.807) is 0 Å². The lowest BCUT2D eigenvalue weighted by Crippen LogP contribution is -2.18. The molecule has 1 nitrogen and oxygen atoms in total. The Morgan fingerprint density at radius 2 is 1.50 bits per heavy atom. The highest BCUT2D eigenvalue weighted by atomic mass is 14.8. The maximum atomic E-state index is 3.29.